The highest BCUT2D eigenvalue weighted by Crippen LogP contribution is 2.22. The van der Waals surface area contributed by atoms with Crippen LogP contribution in [0.3, 0.4) is 0 Å². The summed E-state index contributed by atoms with van der Waals surface area (Å²) in [6, 6.07) is 4.28. The van der Waals surface area contributed by atoms with Crippen molar-refractivity contribution in [3.05, 3.63) is 29.6 Å². The molecular formula is C17H24FNO3. The van der Waals surface area contributed by atoms with Crippen LogP contribution in [0.1, 0.15) is 24.8 Å². The van der Waals surface area contributed by atoms with Crippen LogP contribution in [-0.4, -0.2) is 44.7 Å². The van der Waals surface area contributed by atoms with Gasteiger partial charge in [-0.1, -0.05) is 6.42 Å². The summed E-state index contributed by atoms with van der Waals surface area (Å²) in [5, 5.41) is 0. The second-order valence-corrected chi connectivity index (χ2v) is 5.79. The first kappa shape index (κ1) is 16.7. The molecule has 2 rings (SSSR count). The van der Waals surface area contributed by atoms with Crippen LogP contribution in [0.5, 0.6) is 5.75 Å². The highest BCUT2D eigenvalue weighted by molar-refractivity contribution is 5.79. The Bertz CT molecular complexity index is 507. The number of carbonyl (C=O) groups is 1. The molecule has 1 unspecified atom stereocenters. The predicted molar refractivity (Wildman–Crippen MR) is 82.5 cm³/mol. The molecule has 0 saturated carbocycles. The topological polar surface area (TPSA) is 38.8 Å². The average molecular weight is 309 g/mol. The van der Waals surface area contributed by atoms with Crippen molar-refractivity contribution >= 4 is 5.91 Å². The number of ether oxygens (including phenoxy) is 2. The Morgan fingerprint density at radius 3 is 2.91 bits per heavy atom. The Morgan fingerprint density at radius 1 is 1.36 bits per heavy atom. The molecule has 0 bridgehead atoms. The van der Waals surface area contributed by atoms with E-state index in [-0.39, 0.29) is 18.1 Å². The van der Waals surface area contributed by atoms with E-state index in [9.17, 15) is 9.18 Å². The fraction of sp³-hybridized carbons (Fsp3) is 0.588. The number of hydrogen-bond donors (Lipinski definition) is 0. The molecule has 1 amide bonds. The molecule has 0 radical (unpaired) electrons. The summed E-state index contributed by atoms with van der Waals surface area (Å²) in [6.45, 7) is 2.15. The summed E-state index contributed by atoms with van der Waals surface area (Å²) >= 11 is 0. The van der Waals surface area contributed by atoms with Gasteiger partial charge >= 0.3 is 0 Å². The minimum Gasteiger partial charge on any atom is -0.496 e. The van der Waals surface area contributed by atoms with Crippen LogP contribution in [0.4, 0.5) is 4.39 Å². The third-order valence-electron chi connectivity index (χ3n) is 4.11. The standard InChI is InChI=1S/C17H24FNO3/c1-21-12-13-5-3-4-8-19(11-13)17(20)10-14-9-15(18)6-7-16(14)22-2/h6-7,9,13H,3-5,8,10-12H2,1-2H3. The van der Waals surface area contributed by atoms with Crippen LogP contribution in [0.15, 0.2) is 18.2 Å². The second kappa shape index (κ2) is 8.13. The Balaban J connectivity index is 2.05. The fourth-order valence-corrected chi connectivity index (χ4v) is 2.99. The average Bonchev–Trinajstić information content (AvgIpc) is 2.73. The Morgan fingerprint density at radius 2 is 2.18 bits per heavy atom. The molecule has 1 saturated heterocycles. The van der Waals surface area contributed by atoms with E-state index in [4.69, 9.17) is 9.47 Å². The van der Waals surface area contributed by atoms with Crippen LogP contribution >= 0.6 is 0 Å². The monoisotopic (exact) mass is 309 g/mol. The third kappa shape index (κ3) is 4.44. The Labute approximate surface area is 131 Å². The number of halogens is 1. The van der Waals surface area contributed by atoms with Crippen LogP contribution in [0.25, 0.3) is 0 Å². The zero-order chi connectivity index (χ0) is 15.9. The molecule has 1 aliphatic rings. The fourth-order valence-electron chi connectivity index (χ4n) is 2.99. The van der Waals surface area contributed by atoms with Gasteiger partial charge in [-0.2, -0.15) is 0 Å². The van der Waals surface area contributed by atoms with Crippen molar-refractivity contribution in [1.29, 1.82) is 0 Å². The van der Waals surface area contributed by atoms with Gasteiger partial charge < -0.3 is 14.4 Å². The van der Waals surface area contributed by atoms with Crippen molar-refractivity contribution in [3.8, 4) is 5.75 Å². The van der Waals surface area contributed by atoms with Gasteiger partial charge in [0.15, 0.2) is 0 Å². The summed E-state index contributed by atoms with van der Waals surface area (Å²) in [4.78, 5) is 14.4. The van der Waals surface area contributed by atoms with Gasteiger partial charge in [0.2, 0.25) is 5.91 Å². The lowest BCUT2D eigenvalue weighted by Crippen LogP contribution is -2.36. The minimum atomic E-state index is -0.350. The van der Waals surface area contributed by atoms with Crippen molar-refractivity contribution in [2.45, 2.75) is 25.7 Å². The molecule has 1 fully saturated rings. The van der Waals surface area contributed by atoms with E-state index in [0.29, 0.717) is 30.4 Å². The maximum atomic E-state index is 13.4. The lowest BCUT2D eigenvalue weighted by atomic mass is 10.0. The summed E-state index contributed by atoms with van der Waals surface area (Å²) in [6.07, 6.45) is 3.37. The maximum Gasteiger partial charge on any atom is 0.227 e. The van der Waals surface area contributed by atoms with Gasteiger partial charge in [-0.05, 0) is 37.0 Å². The van der Waals surface area contributed by atoms with E-state index in [2.05, 4.69) is 0 Å². The number of carbonyl (C=O) groups excluding carboxylic acids is 1. The number of methoxy groups -OCH3 is 2. The molecule has 1 atom stereocenters. The van der Waals surface area contributed by atoms with Crippen molar-refractivity contribution < 1.29 is 18.7 Å². The van der Waals surface area contributed by atoms with Crippen molar-refractivity contribution in [2.75, 3.05) is 33.9 Å². The van der Waals surface area contributed by atoms with Crippen molar-refractivity contribution in [3.63, 3.8) is 0 Å². The number of hydrogen-bond acceptors (Lipinski definition) is 3. The SMILES string of the molecule is COCC1CCCCN(C(=O)Cc2cc(F)ccc2OC)C1. The van der Waals surface area contributed by atoms with Crippen molar-refractivity contribution in [2.24, 2.45) is 5.92 Å². The Hall–Kier alpha value is -1.62. The van der Waals surface area contributed by atoms with Gasteiger partial charge in [-0.15, -0.1) is 0 Å². The van der Waals surface area contributed by atoms with Crippen LogP contribution in [0, 0.1) is 11.7 Å². The summed E-state index contributed by atoms with van der Waals surface area (Å²) in [5.74, 6) is 0.604. The van der Waals surface area contributed by atoms with Crippen LogP contribution in [-0.2, 0) is 16.0 Å². The number of nitrogens with zero attached hydrogens (tertiary/aromatic N) is 1. The highest BCUT2D eigenvalue weighted by Gasteiger charge is 2.23. The first-order chi connectivity index (χ1) is 10.6. The molecule has 122 valence electrons. The Kier molecular flexibility index (Phi) is 6.19. The van der Waals surface area contributed by atoms with Gasteiger partial charge in [0.05, 0.1) is 20.1 Å². The third-order valence-corrected chi connectivity index (χ3v) is 4.11. The first-order valence-electron chi connectivity index (χ1n) is 7.73. The zero-order valence-corrected chi connectivity index (χ0v) is 13.3. The molecule has 1 heterocycles. The number of benzene rings is 1. The maximum absolute atomic E-state index is 13.4. The van der Waals surface area contributed by atoms with Gasteiger partial charge in [-0.25, -0.2) is 4.39 Å². The molecule has 5 heteroatoms. The normalized spacial score (nSPS) is 18.9. The quantitative estimate of drug-likeness (QED) is 0.839. The van der Waals surface area contributed by atoms with E-state index in [0.717, 1.165) is 25.8 Å². The lowest BCUT2D eigenvalue weighted by molar-refractivity contribution is -0.131. The minimum absolute atomic E-state index is 0.0203. The molecular weight excluding hydrogens is 285 g/mol. The van der Waals surface area contributed by atoms with Crippen LogP contribution in [0.2, 0.25) is 0 Å². The van der Waals surface area contributed by atoms with E-state index >= 15 is 0 Å². The highest BCUT2D eigenvalue weighted by atomic mass is 19.1. The summed E-state index contributed by atoms with van der Waals surface area (Å²) in [7, 11) is 3.22. The molecule has 22 heavy (non-hydrogen) atoms. The van der Waals surface area contributed by atoms with Crippen LogP contribution < -0.4 is 4.74 Å². The number of rotatable bonds is 5. The van der Waals surface area contributed by atoms with Crippen molar-refractivity contribution in [1.82, 2.24) is 4.90 Å². The first-order valence-corrected chi connectivity index (χ1v) is 7.73. The zero-order valence-electron chi connectivity index (χ0n) is 13.3. The van der Waals surface area contributed by atoms with Gasteiger partial charge in [0.25, 0.3) is 0 Å². The van der Waals surface area contributed by atoms with E-state index in [1.54, 1.807) is 13.2 Å². The number of amides is 1. The molecule has 4 nitrogen and oxygen atoms in total. The summed E-state index contributed by atoms with van der Waals surface area (Å²) in [5.41, 5.74) is 0.597. The van der Waals surface area contributed by atoms with Gasteiger partial charge in [0, 0.05) is 25.8 Å². The molecule has 0 aliphatic carbocycles. The van der Waals surface area contributed by atoms with Gasteiger partial charge in [0.1, 0.15) is 11.6 Å². The molecule has 1 aliphatic heterocycles. The smallest absolute Gasteiger partial charge is 0.227 e. The molecule has 0 N–H and O–H groups in total. The second-order valence-electron chi connectivity index (χ2n) is 5.79. The lowest BCUT2D eigenvalue weighted by Gasteiger charge is -2.24. The van der Waals surface area contributed by atoms with Gasteiger partial charge in [-0.3, -0.25) is 4.79 Å². The molecule has 0 spiro atoms. The summed E-state index contributed by atoms with van der Waals surface area (Å²) < 4.78 is 23.9. The van der Waals surface area contributed by atoms with E-state index in [1.807, 2.05) is 4.90 Å². The molecule has 0 aromatic heterocycles. The molecule has 1 aromatic rings. The molecule has 1 aromatic carbocycles. The predicted octanol–water partition coefficient (Wildman–Crippen LogP) is 2.65. The largest absolute Gasteiger partial charge is 0.496 e. The van der Waals surface area contributed by atoms with E-state index in [1.165, 1.54) is 19.2 Å². The van der Waals surface area contributed by atoms with E-state index < -0.39 is 0 Å². The number of likely N-dealkylation sites (tertiary alicyclic amines) is 1.